The van der Waals surface area contributed by atoms with Crippen molar-refractivity contribution in [2.75, 3.05) is 52.4 Å². The Bertz CT molecular complexity index is 1310. The fourth-order valence-electron chi connectivity index (χ4n) is 6.60. The van der Waals surface area contributed by atoms with E-state index in [4.69, 9.17) is 6.42 Å². The molecule has 5 rings (SSSR count). The predicted octanol–water partition coefficient (Wildman–Crippen LogP) is 6.43. The molecule has 4 heteroatoms. The predicted molar refractivity (Wildman–Crippen MR) is 169 cm³/mol. The second-order valence-electron chi connectivity index (χ2n) is 11.8. The molecule has 4 aliphatic rings. The molecule has 0 unspecified atom stereocenters. The summed E-state index contributed by atoms with van der Waals surface area (Å²) in [7, 11) is 0. The molecule has 2 aliphatic carbocycles. The molecule has 0 amide bonds. The van der Waals surface area contributed by atoms with Crippen LogP contribution in [-0.4, -0.2) is 72.0 Å². The topological polar surface area (TPSA) is 13.0 Å². The van der Waals surface area contributed by atoms with E-state index >= 15 is 0 Å². The third-order valence-electron chi connectivity index (χ3n) is 8.98. The fraction of sp³-hybridized carbons (Fsp3) is 0.444. The molecule has 0 atom stereocenters. The Morgan fingerprint density at radius 2 is 1.38 bits per heavy atom. The van der Waals surface area contributed by atoms with Crippen LogP contribution in [0.5, 0.6) is 0 Å². The van der Waals surface area contributed by atoms with Crippen LogP contribution in [0.2, 0.25) is 0 Å². The van der Waals surface area contributed by atoms with Gasteiger partial charge in [-0.1, -0.05) is 49.4 Å². The van der Waals surface area contributed by atoms with Gasteiger partial charge in [0.1, 0.15) is 0 Å². The van der Waals surface area contributed by atoms with Crippen molar-refractivity contribution < 1.29 is 0 Å². The van der Waals surface area contributed by atoms with Crippen molar-refractivity contribution in [1.82, 2.24) is 19.6 Å². The molecule has 2 fully saturated rings. The molecule has 4 nitrogen and oxygen atoms in total. The summed E-state index contributed by atoms with van der Waals surface area (Å²) in [5.74, 6) is 2.90. The van der Waals surface area contributed by atoms with E-state index in [9.17, 15) is 0 Å². The summed E-state index contributed by atoms with van der Waals surface area (Å²) in [6, 6.07) is 4.77. The highest BCUT2D eigenvalue weighted by atomic mass is 15.3. The maximum Gasteiger partial charge on any atom is 0.0482 e. The van der Waals surface area contributed by atoms with Crippen molar-refractivity contribution in [3.8, 4) is 12.3 Å². The monoisotopic (exact) mass is 534 g/mol. The van der Waals surface area contributed by atoms with Crippen LogP contribution in [0.1, 0.15) is 54.9 Å². The van der Waals surface area contributed by atoms with E-state index in [1.54, 1.807) is 0 Å². The molecule has 40 heavy (non-hydrogen) atoms. The third-order valence-corrected chi connectivity index (χ3v) is 8.98. The number of terminal acetylenes is 1. The van der Waals surface area contributed by atoms with Gasteiger partial charge in [0.15, 0.2) is 0 Å². The molecule has 2 saturated heterocycles. The zero-order valence-corrected chi connectivity index (χ0v) is 24.9. The Hall–Kier alpha value is -3.42. The molecule has 0 radical (unpaired) electrons. The van der Waals surface area contributed by atoms with Gasteiger partial charge < -0.3 is 14.7 Å². The number of nitrogens with zero attached hydrogens (tertiary/aromatic N) is 4. The molecule has 210 valence electrons. The Morgan fingerprint density at radius 1 is 0.775 bits per heavy atom. The molecule has 1 aromatic carbocycles. The van der Waals surface area contributed by atoms with Gasteiger partial charge in [0.05, 0.1) is 0 Å². The minimum absolute atomic E-state index is 0.981. The van der Waals surface area contributed by atoms with Crippen molar-refractivity contribution >= 4 is 5.70 Å². The van der Waals surface area contributed by atoms with Gasteiger partial charge in [-0.25, -0.2) is 0 Å². The van der Waals surface area contributed by atoms with Gasteiger partial charge in [0, 0.05) is 87.1 Å². The molecule has 2 heterocycles. The summed E-state index contributed by atoms with van der Waals surface area (Å²) in [5, 5.41) is 0. The Balaban J connectivity index is 1.21. The van der Waals surface area contributed by atoms with E-state index in [1.807, 2.05) is 0 Å². The largest absolute Gasteiger partial charge is 0.368 e. The van der Waals surface area contributed by atoms with Crippen molar-refractivity contribution in [3.05, 3.63) is 100.0 Å². The summed E-state index contributed by atoms with van der Waals surface area (Å²) in [6.07, 6.45) is 19.5. The normalized spacial score (nSPS) is 20.3. The van der Waals surface area contributed by atoms with Crippen LogP contribution in [0.4, 0.5) is 0 Å². The van der Waals surface area contributed by atoms with Crippen molar-refractivity contribution in [1.29, 1.82) is 0 Å². The Morgan fingerprint density at radius 3 is 2.05 bits per heavy atom. The highest BCUT2D eigenvalue weighted by molar-refractivity contribution is 5.66. The van der Waals surface area contributed by atoms with Gasteiger partial charge in [-0.15, -0.1) is 6.42 Å². The van der Waals surface area contributed by atoms with Crippen LogP contribution in [0.15, 0.2) is 77.7 Å². The molecule has 0 aromatic heterocycles. The lowest BCUT2D eigenvalue weighted by Crippen LogP contribution is -2.46. The number of benzene rings is 1. The molecule has 0 spiro atoms. The second-order valence-corrected chi connectivity index (χ2v) is 11.8. The first-order chi connectivity index (χ1) is 19.4. The number of piperazine rings is 2. The van der Waals surface area contributed by atoms with Gasteiger partial charge in [-0.3, -0.25) is 4.90 Å². The van der Waals surface area contributed by atoms with Gasteiger partial charge in [0.25, 0.3) is 0 Å². The van der Waals surface area contributed by atoms with Crippen molar-refractivity contribution in [3.63, 3.8) is 0 Å². The lowest BCUT2D eigenvalue weighted by Gasteiger charge is -2.41. The van der Waals surface area contributed by atoms with Crippen LogP contribution in [-0.2, 0) is 6.54 Å². The van der Waals surface area contributed by atoms with Gasteiger partial charge in [-0.05, 0) is 80.4 Å². The first kappa shape index (κ1) is 28.1. The van der Waals surface area contributed by atoms with E-state index < -0.39 is 0 Å². The van der Waals surface area contributed by atoms with Gasteiger partial charge in [0.2, 0.25) is 0 Å². The molecule has 2 aliphatic heterocycles. The van der Waals surface area contributed by atoms with E-state index in [1.165, 1.54) is 44.8 Å². The van der Waals surface area contributed by atoms with Crippen molar-refractivity contribution in [2.24, 2.45) is 0 Å². The summed E-state index contributed by atoms with van der Waals surface area (Å²) in [4.78, 5) is 10.1. The maximum atomic E-state index is 5.79. The fourth-order valence-corrected chi connectivity index (χ4v) is 6.60. The van der Waals surface area contributed by atoms with Crippen LogP contribution < -0.4 is 0 Å². The van der Waals surface area contributed by atoms with Gasteiger partial charge >= 0.3 is 0 Å². The number of aryl methyl sites for hydroxylation is 2. The molecule has 0 saturated carbocycles. The third kappa shape index (κ3) is 6.01. The van der Waals surface area contributed by atoms with E-state index in [2.05, 4.69) is 95.9 Å². The number of hydrogen-bond donors (Lipinski definition) is 0. The summed E-state index contributed by atoms with van der Waals surface area (Å²) in [5.41, 5.74) is 12.8. The van der Waals surface area contributed by atoms with E-state index in [0.29, 0.717) is 0 Å². The first-order valence-corrected chi connectivity index (χ1v) is 15.1. The van der Waals surface area contributed by atoms with Crippen molar-refractivity contribution in [2.45, 2.75) is 53.0 Å². The Labute approximate surface area is 242 Å². The zero-order chi connectivity index (χ0) is 28.2. The quantitative estimate of drug-likeness (QED) is 0.374. The smallest absolute Gasteiger partial charge is 0.0482 e. The molecular weight excluding hydrogens is 488 g/mol. The maximum absolute atomic E-state index is 5.79. The SMILES string of the molecule is C#CC1=CCCC=C1N1CCN(Cc2cc(C(=C)N3CCN(C4=CCCC=C4C(=C)C)CC3)c(C)cc2C)CC1. The number of rotatable bonds is 7. The van der Waals surface area contributed by atoms with Crippen LogP contribution >= 0.6 is 0 Å². The molecular formula is C36H46N4. The summed E-state index contributed by atoms with van der Waals surface area (Å²) in [6.45, 7) is 24.6. The lowest BCUT2D eigenvalue weighted by molar-refractivity contribution is 0.154. The summed E-state index contributed by atoms with van der Waals surface area (Å²) < 4.78 is 0. The van der Waals surface area contributed by atoms with E-state index in [-0.39, 0.29) is 0 Å². The minimum atomic E-state index is 0.981. The molecule has 1 aromatic rings. The molecule has 0 N–H and O–H groups in total. The average molecular weight is 535 g/mol. The zero-order valence-electron chi connectivity index (χ0n) is 24.9. The lowest BCUT2D eigenvalue weighted by atomic mass is 9.96. The number of allylic oxidation sites excluding steroid dienone is 6. The second kappa shape index (κ2) is 12.4. The highest BCUT2D eigenvalue weighted by Crippen LogP contribution is 2.31. The highest BCUT2D eigenvalue weighted by Gasteiger charge is 2.25. The van der Waals surface area contributed by atoms with Crippen LogP contribution in [0, 0.1) is 26.2 Å². The number of hydrogen-bond acceptors (Lipinski definition) is 4. The minimum Gasteiger partial charge on any atom is -0.368 e. The standard InChI is InChI=1S/C36H46N4/c1-7-31-12-8-10-14-35(31)39-18-16-37(17-19-39)26-32-25-34(29(5)24-28(32)4)30(6)38-20-22-40(23-21-38)36-15-11-9-13-33(36)27(2)3/h1,12-15,24-25H,2,6,8-11,16-23,26H2,3-5H3. The average Bonchev–Trinajstić information content (AvgIpc) is 2.98. The summed E-state index contributed by atoms with van der Waals surface area (Å²) >= 11 is 0. The van der Waals surface area contributed by atoms with Crippen LogP contribution in [0.3, 0.4) is 0 Å². The van der Waals surface area contributed by atoms with Gasteiger partial charge in [-0.2, -0.15) is 0 Å². The molecule has 0 bridgehead atoms. The van der Waals surface area contributed by atoms with E-state index in [0.717, 1.165) is 95.9 Å². The Kier molecular flexibility index (Phi) is 8.72. The van der Waals surface area contributed by atoms with Crippen LogP contribution in [0.25, 0.3) is 5.70 Å². The first-order valence-electron chi connectivity index (χ1n) is 15.1.